The van der Waals surface area contributed by atoms with Gasteiger partial charge in [-0.3, -0.25) is 0 Å². The van der Waals surface area contributed by atoms with E-state index in [0.717, 1.165) is 5.96 Å². The Bertz CT molecular complexity index is 583. The Balaban J connectivity index is 2.23. The third-order valence-electron chi connectivity index (χ3n) is 3.02. The van der Waals surface area contributed by atoms with E-state index in [0.29, 0.717) is 6.54 Å². The van der Waals surface area contributed by atoms with Gasteiger partial charge in [-0.1, -0.05) is 6.07 Å². The van der Waals surface area contributed by atoms with Gasteiger partial charge in [-0.05, 0) is 36.1 Å². The number of hydrogen-bond donors (Lipinski definition) is 1. The quantitative estimate of drug-likeness (QED) is 0.663. The zero-order chi connectivity index (χ0) is 14.0. The Kier molecular flexibility index (Phi) is 3.79. The maximum Gasteiger partial charge on any atom is 0.195 e. The van der Waals surface area contributed by atoms with E-state index in [-0.39, 0.29) is 0 Å². The molecule has 19 heavy (non-hydrogen) atoms. The van der Waals surface area contributed by atoms with Crippen molar-refractivity contribution in [3.05, 3.63) is 35.5 Å². The summed E-state index contributed by atoms with van der Waals surface area (Å²) < 4.78 is 0. The average molecular weight is 258 g/mol. The van der Waals surface area contributed by atoms with Crippen molar-refractivity contribution >= 4 is 16.9 Å². The number of nitrogens with one attached hydrogen (secondary N) is 1. The molecule has 1 aromatic carbocycles. The molecule has 0 radical (unpaired) electrons. The molecule has 1 aromatic heterocycles. The molecule has 2 aromatic rings. The number of hydrogen-bond acceptors (Lipinski definition) is 1. The van der Waals surface area contributed by atoms with Gasteiger partial charge in [0.05, 0.1) is 6.54 Å². The molecule has 4 heteroatoms. The van der Waals surface area contributed by atoms with Crippen molar-refractivity contribution in [1.29, 1.82) is 0 Å². The molecule has 0 saturated carbocycles. The van der Waals surface area contributed by atoms with Gasteiger partial charge in [0.1, 0.15) is 0 Å². The van der Waals surface area contributed by atoms with E-state index in [1.165, 1.54) is 22.2 Å². The number of aromatic amines is 1. The van der Waals surface area contributed by atoms with Gasteiger partial charge >= 0.3 is 0 Å². The van der Waals surface area contributed by atoms with Crippen LogP contribution in [0.5, 0.6) is 0 Å². The SMILES string of the molecule is Cc1cc2cc(CN=C(N(C)C)N(C)C)ccc2[nH]1. The zero-order valence-electron chi connectivity index (χ0n) is 12.4. The molecule has 0 unspecified atom stereocenters. The van der Waals surface area contributed by atoms with Crippen LogP contribution < -0.4 is 0 Å². The first-order valence-corrected chi connectivity index (χ1v) is 6.44. The molecule has 0 saturated heterocycles. The molecule has 1 N–H and O–H groups in total. The number of rotatable bonds is 2. The Labute approximate surface area is 114 Å². The summed E-state index contributed by atoms with van der Waals surface area (Å²) in [6.45, 7) is 2.78. The molecule has 0 fully saturated rings. The van der Waals surface area contributed by atoms with Gasteiger partial charge in [-0.15, -0.1) is 0 Å². The monoisotopic (exact) mass is 258 g/mol. The minimum Gasteiger partial charge on any atom is -0.359 e. The fraction of sp³-hybridized carbons (Fsp3) is 0.400. The second kappa shape index (κ2) is 5.34. The van der Waals surface area contributed by atoms with E-state index in [9.17, 15) is 0 Å². The van der Waals surface area contributed by atoms with Gasteiger partial charge in [0, 0.05) is 39.4 Å². The fourth-order valence-corrected chi connectivity index (χ4v) is 2.27. The van der Waals surface area contributed by atoms with Gasteiger partial charge in [-0.25, -0.2) is 4.99 Å². The highest BCUT2D eigenvalue weighted by Gasteiger charge is 2.04. The number of guanidine groups is 1. The molecule has 0 aliphatic rings. The van der Waals surface area contributed by atoms with Crippen LogP contribution in [0, 0.1) is 6.92 Å². The number of fused-ring (bicyclic) bond motifs is 1. The molecule has 0 atom stereocenters. The minimum absolute atomic E-state index is 0.700. The van der Waals surface area contributed by atoms with E-state index in [2.05, 4.69) is 41.2 Å². The van der Waals surface area contributed by atoms with Crippen molar-refractivity contribution in [3.8, 4) is 0 Å². The van der Waals surface area contributed by atoms with Crippen molar-refractivity contribution in [2.24, 2.45) is 4.99 Å². The molecule has 0 amide bonds. The Hall–Kier alpha value is -1.97. The van der Waals surface area contributed by atoms with Crippen LogP contribution in [0.4, 0.5) is 0 Å². The number of aryl methyl sites for hydroxylation is 1. The number of aliphatic imine (C=N–C) groups is 1. The lowest BCUT2D eigenvalue weighted by Gasteiger charge is -2.22. The zero-order valence-corrected chi connectivity index (χ0v) is 12.4. The van der Waals surface area contributed by atoms with Gasteiger partial charge in [0.15, 0.2) is 5.96 Å². The second-order valence-electron chi connectivity index (χ2n) is 5.28. The predicted molar refractivity (Wildman–Crippen MR) is 81.5 cm³/mol. The van der Waals surface area contributed by atoms with Crippen LogP contribution in [0.15, 0.2) is 29.3 Å². The van der Waals surface area contributed by atoms with Crippen molar-refractivity contribution in [1.82, 2.24) is 14.8 Å². The summed E-state index contributed by atoms with van der Waals surface area (Å²) in [5.74, 6) is 0.977. The fourth-order valence-electron chi connectivity index (χ4n) is 2.27. The first-order valence-electron chi connectivity index (χ1n) is 6.44. The van der Waals surface area contributed by atoms with Gasteiger partial charge in [0.25, 0.3) is 0 Å². The van der Waals surface area contributed by atoms with E-state index >= 15 is 0 Å². The molecular weight excluding hydrogens is 236 g/mol. The van der Waals surface area contributed by atoms with Gasteiger partial charge in [-0.2, -0.15) is 0 Å². The van der Waals surface area contributed by atoms with Crippen LogP contribution in [0.3, 0.4) is 0 Å². The van der Waals surface area contributed by atoms with E-state index in [1.54, 1.807) is 0 Å². The van der Waals surface area contributed by atoms with Crippen LogP contribution >= 0.6 is 0 Å². The molecule has 0 spiro atoms. The second-order valence-corrected chi connectivity index (χ2v) is 5.28. The standard InChI is InChI=1S/C15H22N4/c1-11-8-13-9-12(6-7-14(13)17-11)10-16-15(18(2)3)19(4)5/h6-9,17H,10H2,1-5H3. The largest absolute Gasteiger partial charge is 0.359 e. The number of nitrogens with zero attached hydrogens (tertiary/aromatic N) is 3. The molecule has 4 nitrogen and oxygen atoms in total. The summed E-state index contributed by atoms with van der Waals surface area (Å²) in [7, 11) is 8.05. The van der Waals surface area contributed by atoms with Crippen LogP contribution in [-0.2, 0) is 6.54 Å². The van der Waals surface area contributed by atoms with Crippen molar-refractivity contribution < 1.29 is 0 Å². The Morgan fingerprint density at radius 3 is 2.42 bits per heavy atom. The lowest BCUT2D eigenvalue weighted by Crippen LogP contribution is -2.35. The van der Waals surface area contributed by atoms with E-state index in [4.69, 9.17) is 0 Å². The van der Waals surface area contributed by atoms with Crippen molar-refractivity contribution in [2.45, 2.75) is 13.5 Å². The summed E-state index contributed by atoms with van der Waals surface area (Å²) in [6, 6.07) is 8.62. The summed E-state index contributed by atoms with van der Waals surface area (Å²) in [5.41, 5.74) is 3.61. The Morgan fingerprint density at radius 2 is 1.79 bits per heavy atom. The molecule has 102 valence electrons. The first kappa shape index (κ1) is 13.5. The number of benzene rings is 1. The Morgan fingerprint density at radius 1 is 1.11 bits per heavy atom. The van der Waals surface area contributed by atoms with Crippen LogP contribution in [0.2, 0.25) is 0 Å². The van der Waals surface area contributed by atoms with Gasteiger partial charge < -0.3 is 14.8 Å². The topological polar surface area (TPSA) is 34.6 Å². The van der Waals surface area contributed by atoms with E-state index < -0.39 is 0 Å². The molecule has 2 rings (SSSR count). The number of aromatic nitrogens is 1. The lowest BCUT2D eigenvalue weighted by molar-refractivity contribution is 0.479. The highest BCUT2D eigenvalue weighted by Crippen LogP contribution is 2.17. The molecule has 0 aliphatic heterocycles. The summed E-state index contributed by atoms with van der Waals surface area (Å²) in [6.07, 6.45) is 0. The molecular formula is C15H22N4. The van der Waals surface area contributed by atoms with Crippen LogP contribution in [0.1, 0.15) is 11.3 Å². The first-order chi connectivity index (χ1) is 8.97. The van der Waals surface area contributed by atoms with Crippen LogP contribution in [-0.4, -0.2) is 48.9 Å². The minimum atomic E-state index is 0.700. The van der Waals surface area contributed by atoms with Gasteiger partial charge in [0.2, 0.25) is 0 Å². The maximum atomic E-state index is 4.66. The lowest BCUT2D eigenvalue weighted by atomic mass is 10.1. The third kappa shape index (κ3) is 3.08. The summed E-state index contributed by atoms with van der Waals surface area (Å²) in [5, 5.41) is 1.25. The molecule has 1 heterocycles. The normalized spacial score (nSPS) is 10.6. The third-order valence-corrected chi connectivity index (χ3v) is 3.02. The average Bonchev–Trinajstić information content (AvgIpc) is 2.67. The molecule has 0 bridgehead atoms. The highest BCUT2D eigenvalue weighted by molar-refractivity contribution is 5.81. The smallest absolute Gasteiger partial charge is 0.195 e. The van der Waals surface area contributed by atoms with Crippen molar-refractivity contribution in [2.75, 3.05) is 28.2 Å². The van der Waals surface area contributed by atoms with Crippen LogP contribution in [0.25, 0.3) is 10.9 Å². The maximum absolute atomic E-state index is 4.66. The molecule has 0 aliphatic carbocycles. The van der Waals surface area contributed by atoms with Crippen molar-refractivity contribution in [3.63, 3.8) is 0 Å². The predicted octanol–water partition coefficient (Wildman–Crippen LogP) is 2.46. The number of H-pyrrole nitrogens is 1. The van der Waals surface area contributed by atoms with E-state index in [1.807, 2.05) is 38.0 Å². The summed E-state index contributed by atoms with van der Waals surface area (Å²) >= 11 is 0. The summed E-state index contributed by atoms with van der Waals surface area (Å²) in [4.78, 5) is 12.1. The highest BCUT2D eigenvalue weighted by atomic mass is 15.3.